The summed E-state index contributed by atoms with van der Waals surface area (Å²) in [5.41, 5.74) is -0.137. The fourth-order valence-electron chi connectivity index (χ4n) is 4.74. The SMILES string of the molecule is CS(=O)(=O)N1CCC2(CC1)CC(N1CCN(c3ccccn3)CC1)CCO2. The van der Waals surface area contributed by atoms with Crippen LogP contribution < -0.4 is 4.90 Å². The van der Waals surface area contributed by atoms with Crippen LogP contribution in [0.25, 0.3) is 0 Å². The highest BCUT2D eigenvalue weighted by Gasteiger charge is 2.43. The van der Waals surface area contributed by atoms with Crippen molar-refractivity contribution >= 4 is 15.8 Å². The number of rotatable bonds is 3. The molecule has 1 aromatic heterocycles. The Labute approximate surface area is 162 Å². The lowest BCUT2D eigenvalue weighted by atomic mass is 9.82. The highest BCUT2D eigenvalue weighted by Crippen LogP contribution is 2.37. The van der Waals surface area contributed by atoms with Crippen LogP contribution in [0.3, 0.4) is 0 Å². The van der Waals surface area contributed by atoms with Gasteiger partial charge in [0.25, 0.3) is 0 Å². The van der Waals surface area contributed by atoms with Crippen molar-refractivity contribution in [1.29, 1.82) is 0 Å². The molecule has 8 heteroatoms. The third-order valence-corrected chi connectivity index (χ3v) is 7.68. The molecule has 4 heterocycles. The van der Waals surface area contributed by atoms with Crippen LogP contribution in [0.5, 0.6) is 0 Å². The van der Waals surface area contributed by atoms with E-state index in [1.807, 2.05) is 18.3 Å². The van der Waals surface area contributed by atoms with Crippen LogP contribution in [-0.2, 0) is 14.8 Å². The van der Waals surface area contributed by atoms with E-state index in [9.17, 15) is 8.42 Å². The first-order chi connectivity index (χ1) is 13.0. The third-order valence-electron chi connectivity index (χ3n) is 6.37. The first-order valence-corrected chi connectivity index (χ1v) is 11.8. The van der Waals surface area contributed by atoms with Crippen molar-refractivity contribution in [2.75, 3.05) is 57.0 Å². The predicted octanol–water partition coefficient (Wildman–Crippen LogP) is 1.18. The van der Waals surface area contributed by atoms with Gasteiger partial charge in [0.05, 0.1) is 11.9 Å². The summed E-state index contributed by atoms with van der Waals surface area (Å²) >= 11 is 0. The quantitative estimate of drug-likeness (QED) is 0.767. The van der Waals surface area contributed by atoms with E-state index >= 15 is 0 Å². The predicted molar refractivity (Wildman–Crippen MR) is 105 cm³/mol. The molecule has 0 N–H and O–H groups in total. The van der Waals surface area contributed by atoms with Gasteiger partial charge in [-0.2, -0.15) is 0 Å². The number of pyridine rings is 1. The molecule has 0 amide bonds. The van der Waals surface area contributed by atoms with Gasteiger partial charge in [-0.15, -0.1) is 0 Å². The minimum atomic E-state index is -3.09. The van der Waals surface area contributed by atoms with Gasteiger partial charge in [0.2, 0.25) is 10.0 Å². The Bertz CT molecular complexity index is 727. The zero-order valence-electron chi connectivity index (χ0n) is 16.1. The maximum atomic E-state index is 11.8. The number of hydrogen-bond donors (Lipinski definition) is 0. The Kier molecular flexibility index (Phi) is 5.42. The fourth-order valence-corrected chi connectivity index (χ4v) is 5.59. The average molecular weight is 395 g/mol. The summed E-state index contributed by atoms with van der Waals surface area (Å²) in [4.78, 5) is 9.43. The molecule has 0 radical (unpaired) electrons. The third kappa shape index (κ3) is 4.29. The Hall–Kier alpha value is -1.22. The van der Waals surface area contributed by atoms with Crippen molar-refractivity contribution < 1.29 is 13.2 Å². The first kappa shape index (κ1) is 19.1. The molecule has 7 nitrogen and oxygen atoms in total. The monoisotopic (exact) mass is 394 g/mol. The van der Waals surface area contributed by atoms with E-state index in [0.717, 1.165) is 64.3 Å². The molecular formula is C19H30N4O3S. The van der Waals surface area contributed by atoms with E-state index in [0.29, 0.717) is 19.1 Å². The van der Waals surface area contributed by atoms with E-state index in [2.05, 4.69) is 20.9 Å². The first-order valence-electron chi connectivity index (χ1n) is 9.94. The molecule has 1 spiro atoms. The highest BCUT2D eigenvalue weighted by atomic mass is 32.2. The van der Waals surface area contributed by atoms with Gasteiger partial charge in [-0.25, -0.2) is 17.7 Å². The molecule has 0 saturated carbocycles. The standard InChI is InChI=1S/C19H30N4O3S/c1-27(24,25)23-9-6-19(7-10-23)16-17(5-15-26-19)21-11-13-22(14-12-21)18-4-2-3-8-20-18/h2-4,8,17H,5-7,9-16H2,1H3. The summed E-state index contributed by atoms with van der Waals surface area (Å²) in [6.45, 7) is 6.05. The van der Waals surface area contributed by atoms with Gasteiger partial charge >= 0.3 is 0 Å². The van der Waals surface area contributed by atoms with Crippen molar-refractivity contribution in [3.8, 4) is 0 Å². The molecule has 1 atom stereocenters. The second kappa shape index (κ2) is 7.66. The van der Waals surface area contributed by atoms with Crippen LogP contribution in [0.4, 0.5) is 5.82 Å². The Morgan fingerprint density at radius 3 is 2.48 bits per heavy atom. The molecule has 150 valence electrons. The van der Waals surface area contributed by atoms with E-state index in [1.165, 1.54) is 6.26 Å². The Morgan fingerprint density at radius 2 is 1.85 bits per heavy atom. The minimum absolute atomic E-state index is 0.137. The van der Waals surface area contributed by atoms with Gasteiger partial charge in [0.15, 0.2) is 0 Å². The van der Waals surface area contributed by atoms with E-state index in [-0.39, 0.29) is 5.60 Å². The molecule has 0 bridgehead atoms. The highest BCUT2D eigenvalue weighted by molar-refractivity contribution is 7.88. The molecule has 1 unspecified atom stereocenters. The zero-order valence-corrected chi connectivity index (χ0v) is 16.9. The van der Waals surface area contributed by atoms with Gasteiger partial charge in [-0.05, 0) is 37.8 Å². The lowest BCUT2D eigenvalue weighted by molar-refractivity contribution is -0.127. The van der Waals surface area contributed by atoms with Gasteiger partial charge in [0.1, 0.15) is 5.82 Å². The number of piperidine rings is 1. The van der Waals surface area contributed by atoms with Gasteiger partial charge < -0.3 is 9.64 Å². The van der Waals surface area contributed by atoms with Crippen molar-refractivity contribution in [1.82, 2.24) is 14.2 Å². The number of sulfonamides is 1. The summed E-state index contributed by atoms with van der Waals surface area (Å²) in [6.07, 6.45) is 6.87. The molecule has 3 aliphatic heterocycles. The second-order valence-corrected chi connectivity index (χ2v) is 10.0. The van der Waals surface area contributed by atoms with Gasteiger partial charge in [0, 0.05) is 58.1 Å². The second-order valence-electron chi connectivity index (χ2n) is 8.05. The van der Waals surface area contributed by atoms with Gasteiger partial charge in [-0.3, -0.25) is 4.90 Å². The molecule has 27 heavy (non-hydrogen) atoms. The molecule has 1 aromatic rings. The number of nitrogens with zero attached hydrogens (tertiary/aromatic N) is 4. The topological polar surface area (TPSA) is 66.0 Å². The normalized spacial score (nSPS) is 27.7. The zero-order chi connectivity index (χ0) is 18.9. The van der Waals surface area contributed by atoms with Crippen molar-refractivity contribution in [2.45, 2.75) is 37.3 Å². The largest absolute Gasteiger partial charge is 0.375 e. The summed E-state index contributed by atoms with van der Waals surface area (Å²) in [5, 5.41) is 0. The number of hydrogen-bond acceptors (Lipinski definition) is 6. The van der Waals surface area contributed by atoms with Crippen LogP contribution in [0, 0.1) is 0 Å². The van der Waals surface area contributed by atoms with Crippen LogP contribution in [0.15, 0.2) is 24.4 Å². The Morgan fingerprint density at radius 1 is 1.11 bits per heavy atom. The number of aromatic nitrogens is 1. The van der Waals surface area contributed by atoms with Crippen LogP contribution in [0.2, 0.25) is 0 Å². The summed E-state index contributed by atoms with van der Waals surface area (Å²) in [5.74, 6) is 1.06. The molecule has 4 rings (SSSR count). The molecule has 3 fully saturated rings. The van der Waals surface area contributed by atoms with E-state index < -0.39 is 10.0 Å². The van der Waals surface area contributed by atoms with Crippen molar-refractivity contribution in [3.05, 3.63) is 24.4 Å². The molecular weight excluding hydrogens is 364 g/mol. The molecule has 0 aliphatic carbocycles. The molecule has 3 aliphatic rings. The van der Waals surface area contributed by atoms with Crippen LogP contribution >= 0.6 is 0 Å². The number of ether oxygens (including phenoxy) is 1. The van der Waals surface area contributed by atoms with E-state index in [1.54, 1.807) is 4.31 Å². The maximum absolute atomic E-state index is 11.8. The number of piperazine rings is 1. The van der Waals surface area contributed by atoms with Crippen molar-refractivity contribution in [2.24, 2.45) is 0 Å². The summed E-state index contributed by atoms with van der Waals surface area (Å²) in [7, 11) is -3.09. The lowest BCUT2D eigenvalue weighted by Crippen LogP contribution is -2.57. The smallest absolute Gasteiger partial charge is 0.211 e. The maximum Gasteiger partial charge on any atom is 0.211 e. The van der Waals surface area contributed by atoms with Crippen LogP contribution in [0.1, 0.15) is 25.7 Å². The van der Waals surface area contributed by atoms with Crippen molar-refractivity contribution in [3.63, 3.8) is 0 Å². The summed E-state index contributed by atoms with van der Waals surface area (Å²) < 4.78 is 31.4. The molecule has 3 saturated heterocycles. The fraction of sp³-hybridized carbons (Fsp3) is 0.737. The van der Waals surface area contributed by atoms with Crippen LogP contribution in [-0.4, -0.2) is 86.4 Å². The molecule has 0 aromatic carbocycles. The summed E-state index contributed by atoms with van der Waals surface area (Å²) in [6, 6.07) is 6.61. The van der Waals surface area contributed by atoms with Gasteiger partial charge in [-0.1, -0.05) is 6.07 Å². The number of anilines is 1. The lowest BCUT2D eigenvalue weighted by Gasteiger charge is -2.49. The minimum Gasteiger partial charge on any atom is -0.375 e. The Balaban J connectivity index is 1.33. The van der Waals surface area contributed by atoms with E-state index in [4.69, 9.17) is 4.74 Å². The average Bonchev–Trinajstić information content (AvgIpc) is 2.68.